The number of ether oxygens (including phenoxy) is 1. The summed E-state index contributed by atoms with van der Waals surface area (Å²) in [5, 5.41) is 11.2. The highest BCUT2D eigenvalue weighted by Crippen LogP contribution is 2.38. The fraction of sp³-hybridized carbons (Fsp3) is 0.154. The quantitative estimate of drug-likeness (QED) is 0.125. The van der Waals surface area contributed by atoms with Gasteiger partial charge in [-0.1, -0.05) is 89.9 Å². The lowest BCUT2D eigenvalue weighted by Gasteiger charge is -2.25. The van der Waals surface area contributed by atoms with Crippen LogP contribution in [0.15, 0.2) is 126 Å². The van der Waals surface area contributed by atoms with Crippen molar-refractivity contribution in [3.8, 4) is 5.75 Å². The Morgan fingerprint density at radius 1 is 0.837 bits per heavy atom. The Morgan fingerprint density at radius 2 is 1.49 bits per heavy atom. The van der Waals surface area contributed by atoms with Crippen LogP contribution in [0.3, 0.4) is 0 Å². The normalized spacial score (nSPS) is 11.7. The number of sulfonamides is 1. The Balaban J connectivity index is 1.44. The molecule has 49 heavy (non-hydrogen) atoms. The third-order valence-electron chi connectivity index (χ3n) is 8.55. The van der Waals surface area contributed by atoms with Gasteiger partial charge in [0.05, 0.1) is 23.1 Å². The predicted octanol–water partition coefficient (Wildman–Crippen LogP) is 8.73. The Morgan fingerprint density at radius 3 is 2.12 bits per heavy atom. The van der Waals surface area contributed by atoms with Crippen LogP contribution in [0.2, 0.25) is 10.0 Å². The molecule has 0 amide bonds. The van der Waals surface area contributed by atoms with Gasteiger partial charge in [-0.2, -0.15) is 0 Å². The molecule has 2 N–H and O–H groups in total. The van der Waals surface area contributed by atoms with Gasteiger partial charge in [0.1, 0.15) is 5.75 Å². The SMILES string of the molecule is Cc1c(Cl)cccc1S(=O)(=O)NCCc1c(CCOc2ccc(C(=O)O)cc2)c2cc(Cl)ccc2n1C(c1ccccc1)c1ccccc1. The molecule has 250 valence electrons. The minimum absolute atomic E-state index is 0.124. The van der Waals surface area contributed by atoms with Crippen molar-refractivity contribution >= 4 is 50.1 Å². The number of hydrogen-bond donors (Lipinski definition) is 2. The molecule has 0 spiro atoms. The number of benzene rings is 5. The van der Waals surface area contributed by atoms with Crippen molar-refractivity contribution in [3.05, 3.63) is 165 Å². The van der Waals surface area contributed by atoms with Crippen LogP contribution in [0.5, 0.6) is 5.75 Å². The maximum Gasteiger partial charge on any atom is 0.335 e. The first-order chi connectivity index (χ1) is 23.6. The molecule has 0 fully saturated rings. The Labute approximate surface area is 295 Å². The maximum atomic E-state index is 13.5. The number of carbonyl (C=O) groups is 1. The summed E-state index contributed by atoms with van der Waals surface area (Å²) in [6.07, 6.45) is 0.847. The monoisotopic (exact) mass is 712 g/mol. The van der Waals surface area contributed by atoms with Crippen molar-refractivity contribution in [1.82, 2.24) is 9.29 Å². The number of halogens is 2. The van der Waals surface area contributed by atoms with E-state index in [4.69, 9.17) is 27.9 Å². The summed E-state index contributed by atoms with van der Waals surface area (Å²) in [7, 11) is -3.86. The van der Waals surface area contributed by atoms with Crippen LogP contribution < -0.4 is 9.46 Å². The molecule has 10 heteroatoms. The summed E-state index contributed by atoms with van der Waals surface area (Å²) in [4.78, 5) is 11.5. The highest BCUT2D eigenvalue weighted by molar-refractivity contribution is 7.89. The Kier molecular flexibility index (Phi) is 10.4. The van der Waals surface area contributed by atoms with Crippen LogP contribution in [-0.2, 0) is 22.9 Å². The summed E-state index contributed by atoms with van der Waals surface area (Å²) in [6.45, 7) is 2.11. The van der Waals surface area contributed by atoms with Crippen LogP contribution in [0, 0.1) is 6.92 Å². The van der Waals surface area contributed by atoms with Crippen molar-refractivity contribution in [2.24, 2.45) is 0 Å². The van der Waals surface area contributed by atoms with Gasteiger partial charge in [0.2, 0.25) is 10.0 Å². The topological polar surface area (TPSA) is 97.6 Å². The van der Waals surface area contributed by atoms with Gasteiger partial charge >= 0.3 is 5.97 Å². The highest BCUT2D eigenvalue weighted by atomic mass is 35.5. The molecule has 0 aliphatic rings. The molecular weight excluding hydrogens is 679 g/mol. The van der Waals surface area contributed by atoms with Gasteiger partial charge < -0.3 is 14.4 Å². The average molecular weight is 714 g/mol. The highest BCUT2D eigenvalue weighted by Gasteiger charge is 2.26. The number of rotatable bonds is 13. The van der Waals surface area contributed by atoms with Crippen molar-refractivity contribution in [3.63, 3.8) is 0 Å². The molecule has 0 unspecified atom stereocenters. The molecule has 0 saturated heterocycles. The van der Waals surface area contributed by atoms with Crippen LogP contribution in [0.1, 0.15) is 44.3 Å². The largest absolute Gasteiger partial charge is 0.493 e. The van der Waals surface area contributed by atoms with Crippen molar-refractivity contribution in [2.45, 2.75) is 30.7 Å². The number of nitrogens with zero attached hydrogens (tertiary/aromatic N) is 1. The molecule has 1 aromatic heterocycles. The van der Waals surface area contributed by atoms with Gasteiger partial charge in [0, 0.05) is 46.0 Å². The first-order valence-corrected chi connectivity index (χ1v) is 18.0. The molecular formula is C39H34Cl2N2O5S. The van der Waals surface area contributed by atoms with Crippen molar-refractivity contribution in [1.29, 1.82) is 0 Å². The number of nitrogens with one attached hydrogen (secondary N) is 1. The van der Waals surface area contributed by atoms with E-state index >= 15 is 0 Å². The molecule has 0 radical (unpaired) electrons. The van der Waals surface area contributed by atoms with Crippen LogP contribution in [0.25, 0.3) is 10.9 Å². The third-order valence-corrected chi connectivity index (χ3v) is 10.8. The summed E-state index contributed by atoms with van der Waals surface area (Å²) in [5.74, 6) is -0.460. The van der Waals surface area contributed by atoms with Gasteiger partial charge in [-0.3, -0.25) is 0 Å². The summed E-state index contributed by atoms with van der Waals surface area (Å²) in [6, 6.07) is 37.1. The summed E-state index contributed by atoms with van der Waals surface area (Å²) >= 11 is 12.9. The van der Waals surface area contributed by atoms with Crippen LogP contribution in [-0.4, -0.2) is 37.2 Å². The Hall–Kier alpha value is -4.60. The zero-order chi connectivity index (χ0) is 34.5. The fourth-order valence-corrected chi connectivity index (χ4v) is 7.94. The molecule has 0 aliphatic heterocycles. The summed E-state index contributed by atoms with van der Waals surface area (Å²) in [5.41, 5.74) is 5.67. The molecule has 0 bridgehead atoms. The third kappa shape index (κ3) is 7.53. The first-order valence-electron chi connectivity index (χ1n) is 15.8. The molecule has 0 saturated carbocycles. The zero-order valence-corrected chi connectivity index (χ0v) is 29.0. The first kappa shape index (κ1) is 34.3. The van der Waals surface area contributed by atoms with E-state index < -0.39 is 16.0 Å². The van der Waals surface area contributed by atoms with E-state index in [2.05, 4.69) is 33.6 Å². The number of aromatic nitrogens is 1. The lowest BCUT2D eigenvalue weighted by molar-refractivity contribution is 0.0697. The Bertz CT molecular complexity index is 2160. The van der Waals surface area contributed by atoms with Crippen LogP contribution in [0.4, 0.5) is 0 Å². The molecule has 6 aromatic rings. The van der Waals surface area contributed by atoms with Gasteiger partial charge in [-0.05, 0) is 83.8 Å². The predicted molar refractivity (Wildman–Crippen MR) is 195 cm³/mol. The molecule has 6 rings (SSSR count). The van der Waals surface area contributed by atoms with E-state index in [1.165, 1.54) is 12.1 Å². The van der Waals surface area contributed by atoms with Crippen molar-refractivity contribution in [2.75, 3.05) is 13.2 Å². The number of carboxylic acids is 1. The number of aromatic carboxylic acids is 1. The minimum atomic E-state index is -3.86. The second kappa shape index (κ2) is 14.9. The fourth-order valence-electron chi connectivity index (χ4n) is 6.24. The molecule has 7 nitrogen and oxygen atoms in total. The van der Waals surface area contributed by atoms with E-state index in [0.717, 1.165) is 33.3 Å². The lowest BCUT2D eigenvalue weighted by Crippen LogP contribution is -2.28. The molecule has 5 aromatic carbocycles. The minimum Gasteiger partial charge on any atom is -0.493 e. The van der Waals surface area contributed by atoms with Crippen LogP contribution >= 0.6 is 23.2 Å². The molecule has 0 atom stereocenters. The zero-order valence-electron chi connectivity index (χ0n) is 26.6. The van der Waals surface area contributed by atoms with Gasteiger partial charge in [-0.25, -0.2) is 17.9 Å². The van der Waals surface area contributed by atoms with Crippen molar-refractivity contribution < 1.29 is 23.1 Å². The summed E-state index contributed by atoms with van der Waals surface area (Å²) < 4.78 is 38.2. The molecule has 1 heterocycles. The second-order valence-corrected chi connectivity index (χ2v) is 14.2. The second-order valence-electron chi connectivity index (χ2n) is 11.6. The smallest absolute Gasteiger partial charge is 0.335 e. The van der Waals surface area contributed by atoms with Gasteiger partial charge in [0.25, 0.3) is 0 Å². The van der Waals surface area contributed by atoms with E-state index in [9.17, 15) is 18.3 Å². The lowest BCUT2D eigenvalue weighted by atomic mass is 9.97. The van der Waals surface area contributed by atoms with E-state index in [0.29, 0.717) is 40.8 Å². The number of hydrogen-bond acceptors (Lipinski definition) is 4. The van der Waals surface area contributed by atoms with Gasteiger partial charge in [0.15, 0.2) is 0 Å². The number of fused-ring (bicyclic) bond motifs is 1. The van der Waals surface area contributed by atoms with E-state index in [-0.39, 0.29) is 23.0 Å². The maximum absolute atomic E-state index is 13.5. The molecule has 0 aliphatic carbocycles. The van der Waals surface area contributed by atoms with E-state index in [1.807, 2.05) is 54.6 Å². The van der Waals surface area contributed by atoms with E-state index in [1.54, 1.807) is 37.3 Å². The average Bonchev–Trinajstić information content (AvgIpc) is 3.38. The van der Waals surface area contributed by atoms with Gasteiger partial charge in [-0.15, -0.1) is 0 Å². The number of carboxylic acid groups (broad SMARTS) is 1. The standard InChI is InChI=1S/C39H34Cl2N2O5S/c1-26-34(41)13-8-14-37(26)49(46,47)42-23-21-36-32(22-24-48-31-18-15-29(16-19-31)39(44)45)33-25-30(40)17-20-35(33)43(36)38(27-9-4-2-5-10-27)28-11-6-3-7-12-28/h2-20,25,38,42H,21-24H2,1H3,(H,44,45).